The Morgan fingerprint density at radius 2 is 1.76 bits per heavy atom. The number of rotatable bonds is 4. The van der Waals surface area contributed by atoms with Gasteiger partial charge in [0.1, 0.15) is 48.0 Å². The zero-order chi connectivity index (χ0) is 21.7. The number of methoxy groups -OCH3 is 1. The van der Waals surface area contributed by atoms with Crippen LogP contribution in [0.15, 0.2) is 11.8 Å². The van der Waals surface area contributed by atoms with Gasteiger partial charge in [0.25, 0.3) is 0 Å². The minimum absolute atomic E-state index is 0.422. The Kier molecular flexibility index (Phi) is 6.21. The van der Waals surface area contributed by atoms with Gasteiger partial charge in [-0.1, -0.05) is 6.92 Å². The molecule has 12 heteroatoms. The van der Waals surface area contributed by atoms with Crippen molar-refractivity contribution in [1.29, 1.82) is 0 Å². The number of fused-ring (bicyclic) bond motifs is 1. The molecular formula is C17H26O12. The molecule has 29 heavy (non-hydrogen) atoms. The summed E-state index contributed by atoms with van der Waals surface area (Å²) in [5.41, 5.74) is -2.71. The highest BCUT2D eigenvalue weighted by Crippen LogP contribution is 2.50. The van der Waals surface area contributed by atoms with E-state index in [-0.39, 0.29) is 0 Å². The van der Waals surface area contributed by atoms with Crippen LogP contribution in [0.4, 0.5) is 0 Å². The molecule has 2 fully saturated rings. The van der Waals surface area contributed by atoms with Gasteiger partial charge in [-0.05, 0) is 5.92 Å². The number of hydrogen-bond donors (Lipinski definition) is 7. The fourth-order valence-corrected chi connectivity index (χ4v) is 4.22. The number of hydrogen-bond acceptors (Lipinski definition) is 12. The summed E-state index contributed by atoms with van der Waals surface area (Å²) in [6, 6.07) is 0. The zero-order valence-electron chi connectivity index (χ0n) is 15.7. The molecule has 12 nitrogen and oxygen atoms in total. The predicted octanol–water partition coefficient (Wildman–Crippen LogP) is -4.07. The summed E-state index contributed by atoms with van der Waals surface area (Å²) < 4.78 is 20.8. The molecule has 3 rings (SSSR count). The fraction of sp³-hybridized carbons (Fsp3) is 0.824. The summed E-state index contributed by atoms with van der Waals surface area (Å²) in [5.74, 6) is -3.01. The number of ether oxygens (including phenoxy) is 4. The molecule has 2 aliphatic heterocycles. The largest absolute Gasteiger partial charge is 0.471 e. The van der Waals surface area contributed by atoms with Gasteiger partial charge in [-0.15, -0.1) is 0 Å². The van der Waals surface area contributed by atoms with Crippen LogP contribution in [0, 0.1) is 11.8 Å². The summed E-state index contributed by atoms with van der Waals surface area (Å²) in [5, 5.41) is 71.1. The maximum absolute atomic E-state index is 12.1. The van der Waals surface area contributed by atoms with Crippen molar-refractivity contribution >= 4 is 5.97 Å². The van der Waals surface area contributed by atoms with Gasteiger partial charge in [0.2, 0.25) is 6.29 Å². The normalized spacial score (nSPS) is 49.8. The maximum atomic E-state index is 12.1. The molecule has 2 heterocycles. The molecule has 0 spiro atoms. The molecule has 1 saturated heterocycles. The third-order valence-electron chi connectivity index (χ3n) is 5.95. The topological polar surface area (TPSA) is 196 Å². The molecule has 0 bridgehead atoms. The van der Waals surface area contributed by atoms with E-state index in [4.69, 9.17) is 14.2 Å². The quantitative estimate of drug-likeness (QED) is 0.217. The van der Waals surface area contributed by atoms with E-state index in [1.54, 1.807) is 0 Å². The molecule has 3 aliphatic rings. The average molecular weight is 422 g/mol. The summed E-state index contributed by atoms with van der Waals surface area (Å²) >= 11 is 0. The summed E-state index contributed by atoms with van der Waals surface area (Å²) in [7, 11) is 1.07. The van der Waals surface area contributed by atoms with Crippen molar-refractivity contribution in [3.63, 3.8) is 0 Å². The average Bonchev–Trinajstić information content (AvgIpc) is 2.88. The van der Waals surface area contributed by atoms with E-state index < -0.39 is 84.8 Å². The van der Waals surface area contributed by atoms with Crippen LogP contribution in [-0.4, -0.2) is 110 Å². The van der Waals surface area contributed by atoms with Crippen LogP contribution in [0.3, 0.4) is 0 Å². The number of carbonyl (C=O) groups is 1. The molecular weight excluding hydrogens is 396 g/mol. The van der Waals surface area contributed by atoms with Gasteiger partial charge < -0.3 is 54.7 Å². The predicted molar refractivity (Wildman–Crippen MR) is 89.4 cm³/mol. The fourth-order valence-electron chi connectivity index (χ4n) is 4.22. The van der Waals surface area contributed by atoms with Gasteiger partial charge >= 0.3 is 5.97 Å². The standard InChI is InChI=1S/C17H26O12/c1-5-8-15(29-16-12(22)11(21)10(20)7(3-18)28-16)27-4-6(14(24)26-2)17(8,25)13(23)9(5)19/h4-5,7-13,15-16,18-23,25H,3H2,1-2H3/t5?,7-,8?,9-,10-,11+,12-,13-,15+,16?,17+/m1/s1. The second kappa shape index (κ2) is 8.06. The van der Waals surface area contributed by atoms with Crippen molar-refractivity contribution in [2.24, 2.45) is 11.8 Å². The molecule has 0 radical (unpaired) electrons. The Morgan fingerprint density at radius 3 is 2.34 bits per heavy atom. The number of esters is 1. The number of aliphatic hydroxyl groups is 7. The molecule has 1 saturated carbocycles. The van der Waals surface area contributed by atoms with Crippen molar-refractivity contribution < 1.29 is 59.5 Å². The number of carbonyl (C=O) groups excluding carboxylic acids is 1. The molecule has 7 N–H and O–H groups in total. The Hall–Kier alpha value is -1.35. The van der Waals surface area contributed by atoms with Gasteiger partial charge in [0, 0.05) is 0 Å². The molecule has 0 aromatic rings. The van der Waals surface area contributed by atoms with Crippen molar-refractivity contribution in [2.75, 3.05) is 13.7 Å². The molecule has 166 valence electrons. The summed E-state index contributed by atoms with van der Waals surface area (Å²) in [6.45, 7) is 0.813. The number of aliphatic hydroxyl groups excluding tert-OH is 6. The Balaban J connectivity index is 1.91. The minimum atomic E-state index is -2.29. The highest BCUT2D eigenvalue weighted by atomic mass is 16.8. The highest BCUT2D eigenvalue weighted by molar-refractivity contribution is 5.91. The van der Waals surface area contributed by atoms with Crippen molar-refractivity contribution in [1.82, 2.24) is 0 Å². The Morgan fingerprint density at radius 1 is 1.10 bits per heavy atom. The molecule has 0 amide bonds. The third kappa shape index (κ3) is 3.34. The van der Waals surface area contributed by atoms with E-state index in [1.807, 2.05) is 0 Å². The second-order valence-electron chi connectivity index (χ2n) is 7.51. The SMILES string of the molecule is COC(=O)C1=CO[C@@H](OC2O[C@H](CO)[C@@H](O)[C@H](O)[C@H]2O)C2C(C)[C@@H](O)[C@@H](O)[C@]12O. The van der Waals surface area contributed by atoms with Gasteiger partial charge in [0.15, 0.2) is 6.29 Å². The van der Waals surface area contributed by atoms with Crippen LogP contribution in [0.2, 0.25) is 0 Å². The lowest BCUT2D eigenvalue weighted by molar-refractivity contribution is -0.347. The van der Waals surface area contributed by atoms with E-state index in [2.05, 4.69) is 4.74 Å². The lowest BCUT2D eigenvalue weighted by Gasteiger charge is -2.45. The highest BCUT2D eigenvalue weighted by Gasteiger charge is 2.66. The van der Waals surface area contributed by atoms with E-state index in [1.165, 1.54) is 6.92 Å². The molecule has 0 aromatic carbocycles. The van der Waals surface area contributed by atoms with Gasteiger partial charge in [-0.3, -0.25) is 0 Å². The van der Waals surface area contributed by atoms with Gasteiger partial charge in [-0.25, -0.2) is 4.79 Å². The molecule has 3 unspecified atom stereocenters. The lowest BCUT2D eigenvalue weighted by atomic mass is 9.78. The van der Waals surface area contributed by atoms with E-state index >= 15 is 0 Å². The van der Waals surface area contributed by atoms with Crippen LogP contribution >= 0.6 is 0 Å². The van der Waals surface area contributed by atoms with Gasteiger partial charge in [0.05, 0.1) is 25.7 Å². The minimum Gasteiger partial charge on any atom is -0.471 e. The Bertz CT molecular complexity index is 652. The summed E-state index contributed by atoms with van der Waals surface area (Å²) in [4.78, 5) is 12.1. The first-order chi connectivity index (χ1) is 13.6. The van der Waals surface area contributed by atoms with Gasteiger partial charge in [-0.2, -0.15) is 0 Å². The first-order valence-corrected chi connectivity index (χ1v) is 9.08. The third-order valence-corrected chi connectivity index (χ3v) is 5.95. The zero-order valence-corrected chi connectivity index (χ0v) is 15.7. The Labute approximate surface area is 165 Å². The molecule has 0 aromatic heterocycles. The molecule has 1 aliphatic carbocycles. The van der Waals surface area contributed by atoms with Crippen molar-refractivity contribution in [3.05, 3.63) is 11.8 Å². The van der Waals surface area contributed by atoms with E-state index in [0.717, 1.165) is 13.4 Å². The van der Waals surface area contributed by atoms with E-state index in [0.29, 0.717) is 0 Å². The smallest absolute Gasteiger partial charge is 0.339 e. The first-order valence-electron chi connectivity index (χ1n) is 9.08. The van der Waals surface area contributed by atoms with Crippen LogP contribution in [-0.2, 0) is 23.7 Å². The van der Waals surface area contributed by atoms with Crippen molar-refractivity contribution in [2.45, 2.75) is 61.7 Å². The van der Waals surface area contributed by atoms with Crippen LogP contribution in [0.5, 0.6) is 0 Å². The first kappa shape index (κ1) is 22.3. The monoisotopic (exact) mass is 422 g/mol. The van der Waals surface area contributed by atoms with Crippen LogP contribution in [0.1, 0.15) is 6.92 Å². The van der Waals surface area contributed by atoms with Crippen molar-refractivity contribution in [3.8, 4) is 0 Å². The molecule has 11 atom stereocenters. The summed E-state index contributed by atoms with van der Waals surface area (Å²) in [6.07, 6.45) is -11.7. The van der Waals surface area contributed by atoms with Crippen LogP contribution in [0.25, 0.3) is 0 Å². The second-order valence-corrected chi connectivity index (χ2v) is 7.51. The van der Waals surface area contributed by atoms with Crippen LogP contribution < -0.4 is 0 Å². The maximum Gasteiger partial charge on any atom is 0.339 e. The van der Waals surface area contributed by atoms with E-state index in [9.17, 15) is 40.5 Å². The lowest BCUT2D eigenvalue weighted by Crippen LogP contribution is -2.61.